The second-order valence-electron chi connectivity index (χ2n) is 10.8. The standard InChI is InChI=1S/C36H40FN3O4S/c1-3-5-24-38-36(42)34(25-29-12-8-6-9-13-29)39(26-30-16-20-31(37)21-17-30)35(41)27-40(32-22-18-28(4-2)19-23-32)45(43,44)33-14-10-7-11-15-33/h6-23,34H,3-5,24-27H2,1-2H3,(H,38,42). The normalized spacial score (nSPS) is 11.9. The number of nitrogens with zero attached hydrogens (tertiary/aromatic N) is 2. The van der Waals surface area contributed by atoms with Gasteiger partial charge in [-0.05, 0) is 65.9 Å². The van der Waals surface area contributed by atoms with Gasteiger partial charge in [-0.3, -0.25) is 13.9 Å². The Morgan fingerprint density at radius 2 is 1.38 bits per heavy atom. The summed E-state index contributed by atoms with van der Waals surface area (Å²) in [6.45, 7) is 3.90. The second-order valence-corrected chi connectivity index (χ2v) is 12.7. The fourth-order valence-corrected chi connectivity index (χ4v) is 6.43. The molecule has 1 atom stereocenters. The summed E-state index contributed by atoms with van der Waals surface area (Å²) in [5.74, 6) is -1.33. The first-order chi connectivity index (χ1) is 21.7. The van der Waals surface area contributed by atoms with E-state index in [2.05, 4.69) is 5.32 Å². The maximum absolute atomic E-state index is 14.4. The summed E-state index contributed by atoms with van der Waals surface area (Å²) in [7, 11) is -4.17. The molecule has 7 nitrogen and oxygen atoms in total. The molecule has 0 radical (unpaired) electrons. The molecule has 45 heavy (non-hydrogen) atoms. The zero-order valence-corrected chi connectivity index (χ0v) is 26.5. The average molecular weight is 630 g/mol. The van der Waals surface area contributed by atoms with Crippen LogP contribution in [0, 0.1) is 5.82 Å². The molecule has 1 N–H and O–H groups in total. The van der Waals surface area contributed by atoms with Crippen LogP contribution < -0.4 is 9.62 Å². The van der Waals surface area contributed by atoms with Crippen LogP contribution >= 0.6 is 0 Å². The van der Waals surface area contributed by atoms with Gasteiger partial charge in [-0.2, -0.15) is 0 Å². The molecule has 9 heteroatoms. The van der Waals surface area contributed by atoms with Gasteiger partial charge in [0.2, 0.25) is 11.8 Å². The Labute approximate surface area is 265 Å². The summed E-state index contributed by atoms with van der Waals surface area (Å²) >= 11 is 0. The quantitative estimate of drug-likeness (QED) is 0.160. The van der Waals surface area contributed by atoms with Crippen LogP contribution in [-0.4, -0.2) is 44.3 Å². The van der Waals surface area contributed by atoms with Gasteiger partial charge in [0.15, 0.2) is 0 Å². The Hall–Kier alpha value is -4.50. The lowest BCUT2D eigenvalue weighted by atomic mass is 10.0. The minimum atomic E-state index is -4.17. The van der Waals surface area contributed by atoms with Crippen LogP contribution in [0.5, 0.6) is 0 Å². The van der Waals surface area contributed by atoms with E-state index in [9.17, 15) is 22.4 Å². The molecular formula is C36H40FN3O4S. The first kappa shape index (κ1) is 33.4. The highest BCUT2D eigenvalue weighted by Gasteiger charge is 2.34. The number of sulfonamides is 1. The largest absolute Gasteiger partial charge is 0.354 e. The highest BCUT2D eigenvalue weighted by molar-refractivity contribution is 7.92. The Bertz CT molecular complexity index is 1630. The maximum Gasteiger partial charge on any atom is 0.264 e. The van der Waals surface area contributed by atoms with Gasteiger partial charge >= 0.3 is 0 Å². The number of aryl methyl sites for hydroxylation is 1. The average Bonchev–Trinajstić information content (AvgIpc) is 3.07. The molecule has 4 rings (SSSR count). The van der Waals surface area contributed by atoms with Crippen molar-refractivity contribution in [2.24, 2.45) is 0 Å². The molecule has 0 bridgehead atoms. The zero-order valence-electron chi connectivity index (χ0n) is 25.7. The number of unbranched alkanes of at least 4 members (excludes halogenated alkanes) is 1. The Morgan fingerprint density at radius 3 is 1.98 bits per heavy atom. The molecule has 0 aliphatic heterocycles. The summed E-state index contributed by atoms with van der Waals surface area (Å²) in [6.07, 6.45) is 2.63. The van der Waals surface area contributed by atoms with E-state index in [1.54, 1.807) is 42.5 Å². The van der Waals surface area contributed by atoms with Crippen LogP contribution in [0.4, 0.5) is 10.1 Å². The van der Waals surface area contributed by atoms with Crippen molar-refractivity contribution >= 4 is 27.5 Å². The Morgan fingerprint density at radius 1 is 0.778 bits per heavy atom. The van der Waals surface area contributed by atoms with E-state index >= 15 is 0 Å². The summed E-state index contributed by atoms with van der Waals surface area (Å²) in [5, 5.41) is 2.96. The third kappa shape index (κ3) is 9.01. The molecule has 236 valence electrons. The molecule has 0 saturated heterocycles. The van der Waals surface area contributed by atoms with Gasteiger partial charge in [-0.1, -0.05) is 93.1 Å². The van der Waals surface area contributed by atoms with Crippen LogP contribution in [0.15, 0.2) is 114 Å². The van der Waals surface area contributed by atoms with Crippen molar-refractivity contribution in [3.05, 3.63) is 132 Å². The first-order valence-corrected chi connectivity index (χ1v) is 16.7. The maximum atomic E-state index is 14.4. The number of carbonyl (C=O) groups is 2. The molecule has 0 fully saturated rings. The van der Waals surface area contributed by atoms with Crippen molar-refractivity contribution in [3.63, 3.8) is 0 Å². The van der Waals surface area contributed by atoms with Gasteiger partial charge in [0.1, 0.15) is 18.4 Å². The highest BCUT2D eigenvalue weighted by atomic mass is 32.2. The lowest BCUT2D eigenvalue weighted by Crippen LogP contribution is -2.53. The predicted molar refractivity (Wildman–Crippen MR) is 176 cm³/mol. The fourth-order valence-electron chi connectivity index (χ4n) is 4.99. The van der Waals surface area contributed by atoms with Crippen molar-refractivity contribution in [1.29, 1.82) is 0 Å². The first-order valence-electron chi connectivity index (χ1n) is 15.2. The topological polar surface area (TPSA) is 86.8 Å². The predicted octanol–water partition coefficient (Wildman–Crippen LogP) is 6.14. The summed E-state index contributed by atoms with van der Waals surface area (Å²) in [5.41, 5.74) is 2.80. The van der Waals surface area contributed by atoms with E-state index < -0.39 is 34.3 Å². The van der Waals surface area contributed by atoms with Crippen LogP contribution in [-0.2, 0) is 39.0 Å². The van der Waals surface area contributed by atoms with Gasteiger partial charge in [0, 0.05) is 19.5 Å². The molecule has 4 aromatic carbocycles. The zero-order chi connectivity index (χ0) is 32.2. The molecule has 4 aromatic rings. The minimum absolute atomic E-state index is 0.0220. The summed E-state index contributed by atoms with van der Waals surface area (Å²) in [4.78, 5) is 29.6. The van der Waals surface area contributed by atoms with Crippen molar-refractivity contribution in [2.45, 2.75) is 57.0 Å². The van der Waals surface area contributed by atoms with E-state index in [1.165, 1.54) is 29.2 Å². The van der Waals surface area contributed by atoms with Gasteiger partial charge in [-0.15, -0.1) is 0 Å². The van der Waals surface area contributed by atoms with Crippen LogP contribution in [0.3, 0.4) is 0 Å². The van der Waals surface area contributed by atoms with Gasteiger partial charge in [0.25, 0.3) is 10.0 Å². The van der Waals surface area contributed by atoms with E-state index in [-0.39, 0.29) is 23.8 Å². The smallest absolute Gasteiger partial charge is 0.264 e. The van der Waals surface area contributed by atoms with E-state index in [1.807, 2.05) is 56.3 Å². The molecule has 0 spiro atoms. The van der Waals surface area contributed by atoms with Crippen molar-refractivity contribution in [3.8, 4) is 0 Å². The Kier molecular flexibility index (Phi) is 11.9. The molecule has 2 amide bonds. The molecular weight excluding hydrogens is 589 g/mol. The second kappa shape index (κ2) is 16.0. The summed E-state index contributed by atoms with van der Waals surface area (Å²) < 4.78 is 43.0. The van der Waals surface area contributed by atoms with E-state index in [0.717, 1.165) is 34.7 Å². The van der Waals surface area contributed by atoms with Crippen molar-refractivity contribution < 1.29 is 22.4 Å². The van der Waals surface area contributed by atoms with Crippen LogP contribution in [0.2, 0.25) is 0 Å². The monoisotopic (exact) mass is 629 g/mol. The Balaban J connectivity index is 1.77. The molecule has 0 heterocycles. The number of hydrogen-bond acceptors (Lipinski definition) is 4. The molecule has 0 saturated carbocycles. The number of amides is 2. The number of rotatable bonds is 15. The lowest BCUT2D eigenvalue weighted by molar-refractivity contribution is -0.140. The number of carbonyl (C=O) groups excluding carboxylic acids is 2. The van der Waals surface area contributed by atoms with E-state index in [4.69, 9.17) is 0 Å². The number of nitrogens with one attached hydrogen (secondary N) is 1. The van der Waals surface area contributed by atoms with Crippen LogP contribution in [0.1, 0.15) is 43.4 Å². The van der Waals surface area contributed by atoms with Crippen molar-refractivity contribution in [2.75, 3.05) is 17.4 Å². The van der Waals surface area contributed by atoms with Gasteiger partial charge < -0.3 is 10.2 Å². The molecule has 1 unspecified atom stereocenters. The molecule has 0 aliphatic carbocycles. The number of halogens is 1. The SMILES string of the molecule is CCCCNC(=O)C(Cc1ccccc1)N(Cc1ccc(F)cc1)C(=O)CN(c1ccc(CC)cc1)S(=O)(=O)c1ccccc1. The number of anilines is 1. The summed E-state index contributed by atoms with van der Waals surface area (Å²) in [6, 6.07) is 29.1. The third-order valence-electron chi connectivity index (χ3n) is 7.61. The minimum Gasteiger partial charge on any atom is -0.354 e. The highest BCUT2D eigenvalue weighted by Crippen LogP contribution is 2.25. The number of hydrogen-bond donors (Lipinski definition) is 1. The van der Waals surface area contributed by atoms with Gasteiger partial charge in [-0.25, -0.2) is 12.8 Å². The van der Waals surface area contributed by atoms with Crippen LogP contribution in [0.25, 0.3) is 0 Å². The molecule has 0 aliphatic rings. The number of benzene rings is 4. The van der Waals surface area contributed by atoms with Crippen molar-refractivity contribution in [1.82, 2.24) is 10.2 Å². The third-order valence-corrected chi connectivity index (χ3v) is 9.40. The van der Waals surface area contributed by atoms with E-state index in [0.29, 0.717) is 17.8 Å². The molecule has 0 aromatic heterocycles. The van der Waals surface area contributed by atoms with Gasteiger partial charge in [0.05, 0.1) is 10.6 Å². The lowest BCUT2D eigenvalue weighted by Gasteiger charge is -2.34. The fraction of sp³-hybridized carbons (Fsp3) is 0.278.